The molecule has 4 heteroatoms. The number of rotatable bonds is 6. The normalized spacial score (nSPS) is 20.2. The number of carbonyl (C=O) groups excluding carboxylic acids is 1. The van der Waals surface area contributed by atoms with Crippen LogP contribution < -0.4 is 11.1 Å². The first kappa shape index (κ1) is 17.6. The van der Waals surface area contributed by atoms with E-state index in [0.29, 0.717) is 13.2 Å². The molecule has 0 bridgehead atoms. The molecule has 1 aliphatic carbocycles. The number of carbonyl (C=O) groups is 1. The molecule has 2 atom stereocenters. The van der Waals surface area contributed by atoms with Crippen LogP contribution >= 0.6 is 0 Å². The summed E-state index contributed by atoms with van der Waals surface area (Å²) >= 11 is 0. The predicted octanol–water partition coefficient (Wildman–Crippen LogP) is 3.86. The lowest BCUT2D eigenvalue weighted by molar-refractivity contribution is -0.120. The number of nitrogens with one attached hydrogen (secondary N) is 1. The summed E-state index contributed by atoms with van der Waals surface area (Å²) in [6.07, 6.45) is 3.79. The van der Waals surface area contributed by atoms with E-state index in [0.717, 1.165) is 42.5 Å². The second-order valence-electron chi connectivity index (χ2n) is 6.79. The number of anilines is 1. The van der Waals surface area contributed by atoms with Crippen molar-refractivity contribution in [2.24, 2.45) is 11.7 Å². The zero-order valence-corrected chi connectivity index (χ0v) is 14.5. The Morgan fingerprint density at radius 2 is 1.68 bits per heavy atom. The molecule has 1 aliphatic rings. The monoisotopic (exact) mass is 338 g/mol. The molecule has 4 nitrogen and oxygen atoms in total. The lowest BCUT2D eigenvalue weighted by Crippen LogP contribution is -2.34. The van der Waals surface area contributed by atoms with E-state index in [-0.39, 0.29) is 17.9 Å². The maximum absolute atomic E-state index is 12.3. The second-order valence-corrected chi connectivity index (χ2v) is 6.79. The van der Waals surface area contributed by atoms with Crippen LogP contribution in [-0.2, 0) is 22.7 Å². The van der Waals surface area contributed by atoms with Gasteiger partial charge in [0.25, 0.3) is 0 Å². The summed E-state index contributed by atoms with van der Waals surface area (Å²) in [5, 5.41) is 3.01. The molecule has 1 fully saturated rings. The van der Waals surface area contributed by atoms with Gasteiger partial charge in [0, 0.05) is 17.6 Å². The molecule has 2 aromatic carbocycles. The van der Waals surface area contributed by atoms with Crippen LogP contribution in [-0.4, -0.2) is 11.9 Å². The smallest absolute Gasteiger partial charge is 0.227 e. The van der Waals surface area contributed by atoms with Crippen molar-refractivity contribution in [2.45, 2.75) is 44.9 Å². The lowest BCUT2D eigenvalue weighted by atomic mass is 9.85. The standard InChI is InChI=1S/C21H26N2O2/c22-19-8-4-7-18(13-19)21(24)23-20-11-9-17(10-12-20)15-25-14-16-5-2-1-3-6-16/h1-3,5-6,9-12,18-19H,4,7-8,13-15,22H2,(H,23,24). The first-order valence-corrected chi connectivity index (χ1v) is 8.98. The fourth-order valence-electron chi connectivity index (χ4n) is 3.26. The van der Waals surface area contributed by atoms with Gasteiger partial charge in [-0.05, 0) is 42.5 Å². The molecule has 0 heterocycles. The number of hydrogen-bond acceptors (Lipinski definition) is 3. The molecule has 0 aliphatic heterocycles. The molecule has 2 aromatic rings. The zero-order valence-electron chi connectivity index (χ0n) is 14.5. The highest BCUT2D eigenvalue weighted by molar-refractivity contribution is 5.92. The maximum Gasteiger partial charge on any atom is 0.227 e. The highest BCUT2D eigenvalue weighted by Gasteiger charge is 2.25. The first-order chi connectivity index (χ1) is 12.2. The third kappa shape index (κ3) is 5.41. The number of ether oxygens (including phenoxy) is 1. The summed E-state index contributed by atoms with van der Waals surface area (Å²) in [6.45, 7) is 1.15. The summed E-state index contributed by atoms with van der Waals surface area (Å²) in [4.78, 5) is 12.3. The summed E-state index contributed by atoms with van der Waals surface area (Å²) in [7, 11) is 0. The van der Waals surface area contributed by atoms with Gasteiger partial charge in [0.05, 0.1) is 13.2 Å². The molecular formula is C21H26N2O2. The number of hydrogen-bond donors (Lipinski definition) is 2. The van der Waals surface area contributed by atoms with E-state index in [1.165, 1.54) is 0 Å². The molecule has 132 valence electrons. The molecule has 0 radical (unpaired) electrons. The van der Waals surface area contributed by atoms with Gasteiger partial charge in [-0.2, -0.15) is 0 Å². The Morgan fingerprint density at radius 1 is 1.00 bits per heavy atom. The maximum atomic E-state index is 12.3. The minimum absolute atomic E-state index is 0.0395. The van der Waals surface area contributed by atoms with Gasteiger partial charge in [0.2, 0.25) is 5.91 Å². The average Bonchev–Trinajstić information content (AvgIpc) is 2.64. The molecular weight excluding hydrogens is 312 g/mol. The predicted molar refractivity (Wildman–Crippen MR) is 99.9 cm³/mol. The molecule has 0 aromatic heterocycles. The van der Waals surface area contributed by atoms with Gasteiger partial charge in [0.15, 0.2) is 0 Å². The molecule has 2 unspecified atom stereocenters. The molecule has 0 spiro atoms. The number of benzene rings is 2. The van der Waals surface area contributed by atoms with E-state index in [9.17, 15) is 4.79 Å². The van der Waals surface area contributed by atoms with E-state index >= 15 is 0 Å². The van der Waals surface area contributed by atoms with Crippen LogP contribution in [0.15, 0.2) is 54.6 Å². The summed E-state index contributed by atoms with van der Waals surface area (Å²) in [6, 6.07) is 18.1. The quantitative estimate of drug-likeness (QED) is 0.840. The summed E-state index contributed by atoms with van der Waals surface area (Å²) in [5.41, 5.74) is 9.06. The van der Waals surface area contributed by atoms with E-state index < -0.39 is 0 Å². The largest absolute Gasteiger partial charge is 0.372 e. The molecule has 25 heavy (non-hydrogen) atoms. The third-order valence-corrected chi connectivity index (χ3v) is 4.69. The van der Waals surface area contributed by atoms with Crippen LogP contribution in [0.2, 0.25) is 0 Å². The van der Waals surface area contributed by atoms with E-state index in [1.54, 1.807) is 0 Å². The van der Waals surface area contributed by atoms with Crippen molar-refractivity contribution in [3.05, 3.63) is 65.7 Å². The number of amides is 1. The minimum Gasteiger partial charge on any atom is -0.372 e. The van der Waals surface area contributed by atoms with Crippen LogP contribution in [0.4, 0.5) is 5.69 Å². The summed E-state index contributed by atoms with van der Waals surface area (Å²) < 4.78 is 5.73. The van der Waals surface area contributed by atoms with Gasteiger partial charge in [0.1, 0.15) is 0 Å². The molecule has 1 amide bonds. The van der Waals surface area contributed by atoms with Crippen LogP contribution in [0.25, 0.3) is 0 Å². The van der Waals surface area contributed by atoms with Crippen molar-refractivity contribution in [1.82, 2.24) is 0 Å². The Hall–Kier alpha value is -2.17. The van der Waals surface area contributed by atoms with Crippen molar-refractivity contribution in [3.8, 4) is 0 Å². The van der Waals surface area contributed by atoms with Crippen molar-refractivity contribution in [3.63, 3.8) is 0 Å². The van der Waals surface area contributed by atoms with Crippen LogP contribution in [0.3, 0.4) is 0 Å². The van der Waals surface area contributed by atoms with Crippen molar-refractivity contribution in [2.75, 3.05) is 5.32 Å². The highest BCUT2D eigenvalue weighted by Crippen LogP contribution is 2.24. The van der Waals surface area contributed by atoms with Crippen LogP contribution in [0, 0.1) is 5.92 Å². The Bertz CT molecular complexity index is 670. The Balaban J connectivity index is 1.46. The molecule has 3 rings (SSSR count). The van der Waals surface area contributed by atoms with E-state index in [2.05, 4.69) is 17.4 Å². The average molecular weight is 338 g/mol. The number of nitrogens with two attached hydrogens (primary N) is 1. The van der Waals surface area contributed by atoms with Gasteiger partial charge in [-0.15, -0.1) is 0 Å². The first-order valence-electron chi connectivity index (χ1n) is 8.98. The van der Waals surface area contributed by atoms with Gasteiger partial charge in [-0.25, -0.2) is 0 Å². The van der Waals surface area contributed by atoms with Crippen LogP contribution in [0.5, 0.6) is 0 Å². The Labute approximate surface area is 149 Å². The topological polar surface area (TPSA) is 64.4 Å². The van der Waals surface area contributed by atoms with Gasteiger partial charge >= 0.3 is 0 Å². The molecule has 3 N–H and O–H groups in total. The zero-order chi connectivity index (χ0) is 17.5. The van der Waals surface area contributed by atoms with Crippen molar-refractivity contribution >= 4 is 11.6 Å². The Kier molecular flexibility index (Phi) is 6.20. The fraction of sp³-hybridized carbons (Fsp3) is 0.381. The fourth-order valence-corrected chi connectivity index (χ4v) is 3.26. The van der Waals surface area contributed by atoms with Crippen molar-refractivity contribution < 1.29 is 9.53 Å². The van der Waals surface area contributed by atoms with E-state index in [4.69, 9.17) is 10.5 Å². The van der Waals surface area contributed by atoms with Gasteiger partial charge in [-0.3, -0.25) is 4.79 Å². The van der Waals surface area contributed by atoms with Crippen molar-refractivity contribution in [1.29, 1.82) is 0 Å². The van der Waals surface area contributed by atoms with Crippen LogP contribution in [0.1, 0.15) is 36.8 Å². The molecule has 0 saturated heterocycles. The minimum atomic E-state index is 0.0395. The van der Waals surface area contributed by atoms with Gasteiger partial charge < -0.3 is 15.8 Å². The highest BCUT2D eigenvalue weighted by atomic mass is 16.5. The molecule has 1 saturated carbocycles. The third-order valence-electron chi connectivity index (χ3n) is 4.69. The van der Waals surface area contributed by atoms with E-state index in [1.807, 2.05) is 42.5 Å². The Morgan fingerprint density at radius 3 is 2.36 bits per heavy atom. The summed E-state index contributed by atoms with van der Waals surface area (Å²) in [5.74, 6) is 0.126. The SMILES string of the molecule is NC1CCCC(C(=O)Nc2ccc(COCc3ccccc3)cc2)C1. The van der Waals surface area contributed by atoms with Gasteiger partial charge in [-0.1, -0.05) is 48.9 Å². The lowest BCUT2D eigenvalue weighted by Gasteiger charge is -2.25. The second kappa shape index (κ2) is 8.79.